The highest BCUT2D eigenvalue weighted by molar-refractivity contribution is 7.17. The number of H-pyrrole nitrogens is 1. The number of aromatic amines is 1. The van der Waals surface area contributed by atoms with Gasteiger partial charge in [-0.2, -0.15) is 0 Å². The first-order valence-electron chi connectivity index (χ1n) is 7.59. The minimum atomic E-state index is -2.55. The topological polar surface area (TPSA) is 42.1 Å². The van der Waals surface area contributed by atoms with Crippen molar-refractivity contribution in [2.24, 2.45) is 0 Å². The summed E-state index contributed by atoms with van der Waals surface area (Å²) in [7, 11) is 1.54. The first-order valence-corrected chi connectivity index (χ1v) is 8.47. The first kappa shape index (κ1) is 15.8. The van der Waals surface area contributed by atoms with Crippen LogP contribution >= 0.6 is 11.3 Å². The molecule has 0 atom stereocenters. The van der Waals surface area contributed by atoms with E-state index < -0.39 is 6.43 Å². The van der Waals surface area contributed by atoms with Crippen molar-refractivity contribution in [1.29, 1.82) is 0 Å². The molecule has 0 saturated carbocycles. The van der Waals surface area contributed by atoms with Gasteiger partial charge >= 0.3 is 0 Å². The Morgan fingerprint density at radius 2 is 2.00 bits per heavy atom. The van der Waals surface area contributed by atoms with Crippen molar-refractivity contribution in [2.75, 3.05) is 7.11 Å². The minimum Gasteiger partial charge on any atom is -0.496 e. The van der Waals surface area contributed by atoms with Crippen molar-refractivity contribution in [3.05, 3.63) is 63.8 Å². The summed E-state index contributed by atoms with van der Waals surface area (Å²) in [5.41, 5.74) is 1.76. The fraction of sp³-hybridized carbons (Fsp3) is 0.105. The summed E-state index contributed by atoms with van der Waals surface area (Å²) in [5.74, 6) is 0.568. The maximum Gasteiger partial charge on any atom is 0.266 e. The molecule has 2 heterocycles. The van der Waals surface area contributed by atoms with E-state index >= 15 is 0 Å². The van der Waals surface area contributed by atoms with Gasteiger partial charge in [-0.15, -0.1) is 11.3 Å². The van der Waals surface area contributed by atoms with Crippen molar-refractivity contribution in [2.45, 2.75) is 6.43 Å². The molecule has 2 aromatic carbocycles. The number of thiophene rings is 1. The Morgan fingerprint density at radius 3 is 2.76 bits per heavy atom. The number of ether oxygens (including phenoxy) is 1. The zero-order valence-corrected chi connectivity index (χ0v) is 14.0. The van der Waals surface area contributed by atoms with Crippen LogP contribution in [0.2, 0.25) is 0 Å². The molecule has 2 aromatic heterocycles. The molecule has 0 aliphatic rings. The third-order valence-corrected chi connectivity index (χ3v) is 5.12. The van der Waals surface area contributed by atoms with Gasteiger partial charge in [0.2, 0.25) is 0 Å². The summed E-state index contributed by atoms with van der Waals surface area (Å²) < 4.78 is 32.4. The maximum absolute atomic E-state index is 13.1. The summed E-state index contributed by atoms with van der Waals surface area (Å²) in [6.45, 7) is 0. The monoisotopic (exact) mass is 357 g/mol. The van der Waals surface area contributed by atoms with Crippen molar-refractivity contribution in [3.63, 3.8) is 0 Å². The number of pyridine rings is 1. The van der Waals surface area contributed by atoms with Crippen molar-refractivity contribution < 1.29 is 13.5 Å². The number of benzene rings is 2. The second-order valence-electron chi connectivity index (χ2n) is 5.61. The van der Waals surface area contributed by atoms with Crippen LogP contribution in [0.25, 0.3) is 32.1 Å². The van der Waals surface area contributed by atoms with Gasteiger partial charge in [-0.25, -0.2) is 8.78 Å². The highest BCUT2D eigenvalue weighted by Gasteiger charge is 2.17. The molecule has 1 N–H and O–H groups in total. The second-order valence-corrected chi connectivity index (χ2v) is 6.53. The highest BCUT2D eigenvalue weighted by atomic mass is 32.1. The Hall–Kier alpha value is -2.73. The van der Waals surface area contributed by atoms with Crippen LogP contribution in [0, 0.1) is 0 Å². The molecule has 0 amide bonds. The van der Waals surface area contributed by atoms with Crippen LogP contribution in [-0.4, -0.2) is 12.1 Å². The molecule has 0 spiro atoms. The van der Waals surface area contributed by atoms with Gasteiger partial charge in [0.15, 0.2) is 0 Å². The predicted molar refractivity (Wildman–Crippen MR) is 96.9 cm³/mol. The molecule has 6 heteroatoms. The van der Waals surface area contributed by atoms with Crippen molar-refractivity contribution in [1.82, 2.24) is 4.98 Å². The number of hydrogen-bond donors (Lipinski definition) is 1. The quantitative estimate of drug-likeness (QED) is 0.537. The Bertz CT molecular complexity index is 1150. The third kappa shape index (κ3) is 2.49. The molecule has 0 radical (unpaired) electrons. The number of nitrogens with one attached hydrogen (secondary N) is 1. The van der Waals surface area contributed by atoms with Gasteiger partial charge in [0.05, 0.1) is 7.11 Å². The number of methoxy groups -OCH3 is 1. The number of halogens is 2. The van der Waals surface area contributed by atoms with Crippen LogP contribution in [-0.2, 0) is 0 Å². The summed E-state index contributed by atoms with van der Waals surface area (Å²) in [5, 5.41) is 3.43. The Balaban J connectivity index is 2.16. The van der Waals surface area contributed by atoms with Crippen molar-refractivity contribution >= 4 is 32.3 Å². The normalized spacial score (nSPS) is 11.5. The summed E-state index contributed by atoms with van der Waals surface area (Å²) in [4.78, 5) is 15.1. The second kappa shape index (κ2) is 5.97. The summed E-state index contributed by atoms with van der Waals surface area (Å²) >= 11 is 1.35. The Kier molecular flexibility index (Phi) is 3.77. The Labute approximate surface area is 145 Å². The van der Waals surface area contributed by atoms with E-state index in [1.54, 1.807) is 24.3 Å². The molecular weight excluding hydrogens is 344 g/mol. The molecule has 25 heavy (non-hydrogen) atoms. The molecule has 4 rings (SSSR count). The van der Waals surface area contributed by atoms with Crippen LogP contribution in [0.5, 0.6) is 5.75 Å². The third-order valence-electron chi connectivity index (χ3n) is 4.20. The smallest absolute Gasteiger partial charge is 0.266 e. The van der Waals surface area contributed by atoms with Crippen LogP contribution in [0.15, 0.2) is 52.6 Å². The lowest BCUT2D eigenvalue weighted by Crippen LogP contribution is -2.05. The van der Waals surface area contributed by atoms with E-state index in [9.17, 15) is 13.6 Å². The molecule has 0 aliphatic heterocycles. The highest BCUT2D eigenvalue weighted by Crippen LogP contribution is 2.40. The van der Waals surface area contributed by atoms with Gasteiger partial charge in [0.25, 0.3) is 12.0 Å². The molecular formula is C19H13F2NO2S. The maximum atomic E-state index is 13.1. The average Bonchev–Trinajstić information content (AvgIpc) is 3.11. The van der Waals surface area contributed by atoms with Crippen LogP contribution in [0.4, 0.5) is 8.78 Å². The zero-order chi connectivity index (χ0) is 17.6. The van der Waals surface area contributed by atoms with Gasteiger partial charge in [0.1, 0.15) is 10.4 Å². The fourth-order valence-corrected chi connectivity index (χ4v) is 3.91. The van der Waals surface area contributed by atoms with Gasteiger partial charge in [-0.1, -0.05) is 18.2 Å². The number of aromatic nitrogens is 1. The van der Waals surface area contributed by atoms with Gasteiger partial charge in [0, 0.05) is 27.4 Å². The lowest BCUT2D eigenvalue weighted by Gasteiger charge is -2.14. The van der Waals surface area contributed by atoms with Crippen molar-refractivity contribution in [3.8, 4) is 16.9 Å². The molecule has 0 saturated heterocycles. The van der Waals surface area contributed by atoms with Crippen LogP contribution in [0.1, 0.15) is 12.0 Å². The van der Waals surface area contributed by atoms with E-state index in [-0.39, 0.29) is 11.1 Å². The zero-order valence-electron chi connectivity index (χ0n) is 13.2. The molecule has 4 aromatic rings. The molecule has 3 nitrogen and oxygen atoms in total. The van der Waals surface area contributed by atoms with E-state index in [1.165, 1.54) is 30.6 Å². The fourth-order valence-electron chi connectivity index (χ4n) is 3.12. The number of rotatable bonds is 3. The number of fused-ring (bicyclic) bond motifs is 3. The number of hydrogen-bond acceptors (Lipinski definition) is 3. The van der Waals surface area contributed by atoms with E-state index in [1.807, 2.05) is 11.4 Å². The lowest BCUT2D eigenvalue weighted by molar-refractivity contribution is 0.151. The van der Waals surface area contributed by atoms with Gasteiger partial charge in [-0.05, 0) is 35.2 Å². The molecule has 0 unspecified atom stereocenters. The van der Waals surface area contributed by atoms with Crippen LogP contribution < -0.4 is 10.3 Å². The van der Waals surface area contributed by atoms with E-state index in [4.69, 9.17) is 4.74 Å². The van der Waals surface area contributed by atoms with Crippen LogP contribution in [0.3, 0.4) is 0 Å². The van der Waals surface area contributed by atoms with Gasteiger partial charge < -0.3 is 9.72 Å². The Morgan fingerprint density at radius 1 is 1.16 bits per heavy atom. The minimum absolute atomic E-state index is 0.0532. The molecule has 0 bridgehead atoms. The summed E-state index contributed by atoms with van der Waals surface area (Å²) in [6, 6.07) is 11.6. The standard InChI is InChI=1S/C19H13F2NO2S/c1-24-14-6-5-13-16(12-7-8-25-17(12)19(23)22-13)15(14)10-3-2-4-11(9-10)18(20)21/h2-9,18H,1H3,(H,22,23). The first-order chi connectivity index (χ1) is 12.1. The van der Waals surface area contributed by atoms with E-state index in [2.05, 4.69) is 4.98 Å². The van der Waals surface area contributed by atoms with Gasteiger partial charge in [-0.3, -0.25) is 4.79 Å². The molecule has 126 valence electrons. The average molecular weight is 357 g/mol. The SMILES string of the molecule is COc1ccc2[nH]c(=O)c3sccc3c2c1-c1cccc(C(F)F)c1. The predicted octanol–water partition coefficient (Wildman–Crippen LogP) is 5.36. The molecule has 0 fully saturated rings. The summed E-state index contributed by atoms with van der Waals surface area (Å²) in [6.07, 6.45) is -2.55. The largest absolute Gasteiger partial charge is 0.496 e. The molecule has 0 aliphatic carbocycles. The van der Waals surface area contributed by atoms with E-state index in [0.29, 0.717) is 27.1 Å². The van der Waals surface area contributed by atoms with E-state index in [0.717, 1.165) is 10.8 Å². The number of alkyl halides is 2. The lowest BCUT2D eigenvalue weighted by atomic mass is 9.96.